The van der Waals surface area contributed by atoms with Gasteiger partial charge in [0.05, 0.1) is 5.02 Å². The van der Waals surface area contributed by atoms with E-state index in [1.54, 1.807) is 0 Å². The summed E-state index contributed by atoms with van der Waals surface area (Å²) < 4.78 is 18.6. The van der Waals surface area contributed by atoms with Crippen molar-refractivity contribution in [3.63, 3.8) is 0 Å². The van der Waals surface area contributed by atoms with Gasteiger partial charge in [-0.1, -0.05) is 22.8 Å². The van der Waals surface area contributed by atoms with E-state index in [-0.39, 0.29) is 22.2 Å². The maximum absolute atomic E-state index is 13.5. The number of carboxylic acid groups (broad SMARTS) is 1. The normalized spacial score (nSPS) is 15.2. The van der Waals surface area contributed by atoms with E-state index in [1.165, 1.54) is 18.2 Å². The Morgan fingerprint density at radius 3 is 2.74 bits per heavy atom. The number of rotatable bonds is 5. The molecule has 1 amide bonds. The number of halogens is 2. The SMILES string of the molecule is O=C(N[C@H](C(=O)O)c1ccc(Cl)c(F)c1)c1cc(C2CC2)on1. The van der Waals surface area contributed by atoms with Crippen molar-refractivity contribution in [3.05, 3.63) is 52.1 Å². The summed E-state index contributed by atoms with van der Waals surface area (Å²) in [6, 6.07) is 3.61. The number of aromatic nitrogens is 1. The summed E-state index contributed by atoms with van der Waals surface area (Å²) in [6.07, 6.45) is 1.97. The zero-order valence-corrected chi connectivity index (χ0v) is 12.5. The number of benzene rings is 1. The van der Waals surface area contributed by atoms with Crippen LogP contribution in [-0.2, 0) is 4.79 Å². The average molecular weight is 339 g/mol. The first-order valence-electron chi connectivity index (χ1n) is 6.91. The van der Waals surface area contributed by atoms with Crippen LogP contribution >= 0.6 is 11.6 Å². The summed E-state index contributed by atoms with van der Waals surface area (Å²) in [5.41, 5.74) is 0.0613. The molecule has 1 heterocycles. The lowest BCUT2D eigenvalue weighted by molar-refractivity contribution is -0.139. The van der Waals surface area contributed by atoms with E-state index in [9.17, 15) is 19.1 Å². The van der Waals surface area contributed by atoms with Gasteiger partial charge < -0.3 is 14.9 Å². The predicted molar refractivity (Wildman–Crippen MR) is 77.7 cm³/mol. The molecule has 6 nitrogen and oxygen atoms in total. The topological polar surface area (TPSA) is 92.4 Å². The molecule has 1 atom stereocenters. The van der Waals surface area contributed by atoms with Crippen LogP contribution in [0.3, 0.4) is 0 Å². The number of amides is 1. The number of nitrogens with zero attached hydrogens (tertiary/aromatic N) is 1. The number of carboxylic acids is 1. The monoisotopic (exact) mass is 338 g/mol. The molecule has 0 unspecified atom stereocenters. The number of hydrogen-bond acceptors (Lipinski definition) is 4. The minimum Gasteiger partial charge on any atom is -0.479 e. The largest absolute Gasteiger partial charge is 0.479 e. The minimum absolute atomic E-state index is 0.00687. The van der Waals surface area contributed by atoms with Crippen molar-refractivity contribution >= 4 is 23.5 Å². The molecule has 1 saturated carbocycles. The molecule has 0 spiro atoms. The van der Waals surface area contributed by atoms with E-state index in [0.29, 0.717) is 5.76 Å². The first-order valence-corrected chi connectivity index (χ1v) is 7.28. The first-order chi connectivity index (χ1) is 11.0. The molecule has 1 fully saturated rings. The van der Waals surface area contributed by atoms with Crippen LogP contribution in [0.4, 0.5) is 4.39 Å². The Hall–Kier alpha value is -2.41. The van der Waals surface area contributed by atoms with Gasteiger partial charge in [0.25, 0.3) is 5.91 Å². The molecule has 120 valence electrons. The highest BCUT2D eigenvalue weighted by molar-refractivity contribution is 6.30. The van der Waals surface area contributed by atoms with Gasteiger partial charge >= 0.3 is 5.97 Å². The Morgan fingerprint density at radius 1 is 1.39 bits per heavy atom. The van der Waals surface area contributed by atoms with Crippen molar-refractivity contribution in [2.24, 2.45) is 0 Å². The van der Waals surface area contributed by atoms with Gasteiger partial charge in [-0.05, 0) is 30.5 Å². The summed E-state index contributed by atoms with van der Waals surface area (Å²) in [4.78, 5) is 23.5. The van der Waals surface area contributed by atoms with E-state index in [1.807, 2.05) is 0 Å². The predicted octanol–water partition coefficient (Wildman–Crippen LogP) is 2.90. The van der Waals surface area contributed by atoms with E-state index < -0.39 is 23.7 Å². The lowest BCUT2D eigenvalue weighted by Crippen LogP contribution is -2.34. The lowest BCUT2D eigenvalue weighted by atomic mass is 10.1. The Balaban J connectivity index is 1.79. The highest BCUT2D eigenvalue weighted by Gasteiger charge is 2.30. The van der Waals surface area contributed by atoms with Crippen molar-refractivity contribution in [2.45, 2.75) is 24.8 Å². The van der Waals surface area contributed by atoms with Gasteiger partial charge in [-0.25, -0.2) is 9.18 Å². The molecule has 3 rings (SSSR count). The van der Waals surface area contributed by atoms with Crippen LogP contribution in [0.15, 0.2) is 28.8 Å². The fourth-order valence-electron chi connectivity index (χ4n) is 2.14. The molecule has 8 heteroatoms. The third-order valence-electron chi connectivity index (χ3n) is 3.54. The molecular weight excluding hydrogens is 327 g/mol. The van der Waals surface area contributed by atoms with Gasteiger partial charge in [0.2, 0.25) is 0 Å². The van der Waals surface area contributed by atoms with E-state index in [0.717, 1.165) is 18.9 Å². The average Bonchev–Trinajstić information content (AvgIpc) is 3.24. The molecular formula is C15H12ClFN2O4. The molecule has 0 aliphatic heterocycles. The van der Waals surface area contributed by atoms with Gasteiger partial charge in [-0.3, -0.25) is 4.79 Å². The molecule has 2 aromatic rings. The molecule has 1 aromatic heterocycles. The van der Waals surface area contributed by atoms with Crippen LogP contribution < -0.4 is 5.32 Å². The Kier molecular flexibility index (Phi) is 4.04. The smallest absolute Gasteiger partial charge is 0.330 e. The molecule has 2 N–H and O–H groups in total. The standard InChI is InChI=1S/C15H12ClFN2O4/c16-9-4-3-8(5-10(9)17)13(15(21)22)18-14(20)11-6-12(23-19-11)7-1-2-7/h3-7,13H,1-2H2,(H,18,20)(H,21,22)/t13-/m0/s1. The van der Waals surface area contributed by atoms with Crippen LogP contribution in [0.5, 0.6) is 0 Å². The molecule has 0 bridgehead atoms. The van der Waals surface area contributed by atoms with E-state index in [2.05, 4.69) is 10.5 Å². The fraction of sp³-hybridized carbons (Fsp3) is 0.267. The fourth-order valence-corrected chi connectivity index (χ4v) is 2.26. The number of nitrogens with one attached hydrogen (secondary N) is 1. The van der Waals surface area contributed by atoms with Gasteiger partial charge in [-0.15, -0.1) is 0 Å². The first kappa shape index (κ1) is 15.5. The van der Waals surface area contributed by atoms with Crippen LogP contribution in [-0.4, -0.2) is 22.1 Å². The molecule has 23 heavy (non-hydrogen) atoms. The van der Waals surface area contributed by atoms with E-state index in [4.69, 9.17) is 16.1 Å². The summed E-state index contributed by atoms with van der Waals surface area (Å²) in [5.74, 6) is -1.90. The minimum atomic E-state index is -1.42. The van der Waals surface area contributed by atoms with Crippen LogP contribution in [0.2, 0.25) is 5.02 Å². The highest BCUT2D eigenvalue weighted by atomic mass is 35.5. The summed E-state index contributed by atoms with van der Waals surface area (Å²) >= 11 is 5.57. The zero-order valence-electron chi connectivity index (χ0n) is 11.8. The number of carbonyl (C=O) groups excluding carboxylic acids is 1. The second-order valence-corrected chi connectivity index (χ2v) is 5.71. The Bertz CT molecular complexity index is 773. The van der Waals surface area contributed by atoms with Gasteiger partial charge in [0, 0.05) is 12.0 Å². The maximum atomic E-state index is 13.5. The van der Waals surface area contributed by atoms with Crippen molar-refractivity contribution in [2.75, 3.05) is 0 Å². The van der Waals surface area contributed by atoms with E-state index >= 15 is 0 Å². The van der Waals surface area contributed by atoms with Crippen molar-refractivity contribution in [1.82, 2.24) is 10.5 Å². The number of carbonyl (C=O) groups is 2. The number of aliphatic carboxylic acids is 1. The maximum Gasteiger partial charge on any atom is 0.330 e. The van der Waals surface area contributed by atoms with Crippen molar-refractivity contribution in [3.8, 4) is 0 Å². The quantitative estimate of drug-likeness (QED) is 0.874. The van der Waals surface area contributed by atoms with Gasteiger partial charge in [0.1, 0.15) is 11.6 Å². The third-order valence-corrected chi connectivity index (χ3v) is 3.85. The molecule has 0 radical (unpaired) electrons. The molecule has 0 saturated heterocycles. The third kappa shape index (κ3) is 3.34. The van der Waals surface area contributed by atoms with Crippen molar-refractivity contribution in [1.29, 1.82) is 0 Å². The summed E-state index contributed by atoms with van der Waals surface area (Å²) in [7, 11) is 0. The van der Waals surface area contributed by atoms with Crippen LogP contribution in [0.1, 0.15) is 46.6 Å². The Morgan fingerprint density at radius 2 is 2.13 bits per heavy atom. The molecule has 1 aromatic carbocycles. The van der Waals surface area contributed by atoms with Gasteiger partial charge in [0.15, 0.2) is 11.7 Å². The Labute approximate surface area is 135 Å². The molecule has 1 aliphatic carbocycles. The summed E-state index contributed by atoms with van der Waals surface area (Å²) in [5, 5.41) is 15.1. The van der Waals surface area contributed by atoms with Crippen LogP contribution in [0.25, 0.3) is 0 Å². The van der Waals surface area contributed by atoms with Gasteiger partial charge in [-0.2, -0.15) is 0 Å². The number of hydrogen-bond donors (Lipinski definition) is 2. The summed E-state index contributed by atoms with van der Waals surface area (Å²) in [6.45, 7) is 0. The van der Waals surface area contributed by atoms with Crippen molar-refractivity contribution < 1.29 is 23.6 Å². The lowest BCUT2D eigenvalue weighted by Gasteiger charge is -2.14. The van der Waals surface area contributed by atoms with Crippen LogP contribution in [0, 0.1) is 5.82 Å². The zero-order chi connectivity index (χ0) is 16.6. The molecule has 1 aliphatic rings. The second-order valence-electron chi connectivity index (χ2n) is 5.31. The highest BCUT2D eigenvalue weighted by Crippen LogP contribution is 2.40. The second kappa shape index (κ2) is 6.00.